The van der Waals surface area contributed by atoms with Crippen molar-refractivity contribution in [2.75, 3.05) is 0 Å². The third kappa shape index (κ3) is 12.8. The molecule has 4 nitrogen and oxygen atoms in total. The van der Waals surface area contributed by atoms with Crippen molar-refractivity contribution < 1.29 is 4.42 Å². The van der Waals surface area contributed by atoms with Gasteiger partial charge >= 0.3 is 0 Å². The van der Waals surface area contributed by atoms with Gasteiger partial charge in [0.2, 0.25) is 5.89 Å². The number of fused-ring (bicyclic) bond motifs is 25. The summed E-state index contributed by atoms with van der Waals surface area (Å²) in [4.78, 5) is 14.9. The van der Waals surface area contributed by atoms with Crippen LogP contribution in [0, 0.1) is 0 Å². The van der Waals surface area contributed by atoms with Crippen molar-refractivity contribution in [2.24, 2.45) is 0 Å². The smallest absolute Gasteiger partial charge is 0.227 e. The zero-order valence-electron chi connectivity index (χ0n) is 74.0. The number of hydrogen-bond donors (Lipinski definition) is 0. The molecule has 0 aliphatic heterocycles. The van der Waals surface area contributed by atoms with E-state index in [1.165, 1.54) is 228 Å². The van der Waals surface area contributed by atoms with Gasteiger partial charge in [0, 0.05) is 32.8 Å². The zero-order chi connectivity index (χ0) is 89.9. The van der Waals surface area contributed by atoms with Crippen LogP contribution in [0.2, 0.25) is 0 Å². The van der Waals surface area contributed by atoms with E-state index in [1.807, 2.05) is 30.3 Å². The first-order chi connectivity index (χ1) is 67.9. The van der Waals surface area contributed by atoms with E-state index in [1.54, 1.807) is 22.7 Å². The summed E-state index contributed by atoms with van der Waals surface area (Å²) in [6.45, 7) is 0. The molecule has 0 bridgehead atoms. The van der Waals surface area contributed by atoms with Crippen molar-refractivity contribution in [1.82, 2.24) is 15.0 Å². The molecule has 0 N–H and O–H groups in total. The monoisotopic (exact) mass is 1770 g/mol. The van der Waals surface area contributed by atoms with Crippen LogP contribution < -0.4 is 0 Å². The van der Waals surface area contributed by atoms with Gasteiger partial charge in [0.25, 0.3) is 0 Å². The van der Waals surface area contributed by atoms with Crippen LogP contribution in [0.5, 0.6) is 0 Å². The van der Waals surface area contributed by atoms with Crippen LogP contribution in [0.15, 0.2) is 472 Å². The van der Waals surface area contributed by atoms with E-state index in [2.05, 4.69) is 437 Å². The van der Waals surface area contributed by atoms with Crippen molar-refractivity contribution in [1.29, 1.82) is 0 Å². The van der Waals surface area contributed by atoms with Crippen LogP contribution in [0.25, 0.3) is 294 Å². The molecule has 0 spiro atoms. The highest BCUT2D eigenvalue weighted by molar-refractivity contribution is 7.23. The summed E-state index contributed by atoms with van der Waals surface area (Å²) in [5, 5.41) is 29.9. The second-order valence-corrected chi connectivity index (χ2v) is 38.1. The molecule has 0 fully saturated rings. The molecule has 137 heavy (non-hydrogen) atoms. The molecule has 0 amide bonds. The number of aromatic nitrogens is 3. The highest BCUT2D eigenvalue weighted by Crippen LogP contribution is 2.54. The molecule has 3 aromatic heterocycles. The lowest BCUT2D eigenvalue weighted by Crippen LogP contribution is -1.88. The van der Waals surface area contributed by atoms with Gasteiger partial charge in [0.05, 0.1) is 20.4 Å². The van der Waals surface area contributed by atoms with Gasteiger partial charge < -0.3 is 4.42 Å². The third-order valence-corrected chi connectivity index (χ3v) is 30.9. The Balaban J connectivity index is 0.000000102. The van der Waals surface area contributed by atoms with Gasteiger partial charge in [-0.3, -0.25) is 0 Å². The second kappa shape index (κ2) is 31.7. The van der Waals surface area contributed by atoms with E-state index < -0.39 is 0 Å². The van der Waals surface area contributed by atoms with Crippen molar-refractivity contribution >= 4 is 173 Å². The molecular formula is C131H77N3OS2. The Labute approximate surface area is 796 Å². The van der Waals surface area contributed by atoms with Gasteiger partial charge in [-0.1, -0.05) is 413 Å². The second-order valence-electron chi connectivity index (χ2n) is 36.1. The molecular weight excluding hydrogens is 1700 g/mol. The third-order valence-electron chi connectivity index (χ3n) is 28.6. The number of benzene rings is 25. The van der Waals surface area contributed by atoms with Gasteiger partial charge in [-0.15, -0.1) is 22.7 Å². The first kappa shape index (κ1) is 78.3. The molecule has 28 aromatic rings. The molecule has 0 saturated carbocycles. The summed E-state index contributed by atoms with van der Waals surface area (Å²) >= 11 is 3.56. The SMILES string of the molecule is c1ccc(-c2nc3ccc4ccc(-c5ccc(-c6ccc7c8c(cccc68)-c6ccccc6-7)c6ccccc56)cc4c3s2)cc1.c1ccc(-c2nc3ccc4ccc(-c5ccc(-c6ccc7c8ccccc8c8ccccc8c7c6)c6ccccc56)cc4c3s2)cc1.c1ccc(-c2nc3ccc4ccc5ccc(-c6ccc(-c7ccc8c9c(cccc79)-c7ccccc7-8)cc6)cc5c4c3o2)cc1. The van der Waals surface area contributed by atoms with Crippen molar-refractivity contribution in [2.45, 2.75) is 0 Å². The fraction of sp³-hybridized carbons (Fsp3) is 0. The lowest BCUT2D eigenvalue weighted by molar-refractivity contribution is 0.623. The lowest BCUT2D eigenvalue weighted by Gasteiger charge is -2.15. The summed E-state index contributed by atoms with van der Waals surface area (Å²) < 4.78 is 8.93. The highest BCUT2D eigenvalue weighted by Gasteiger charge is 2.27. The highest BCUT2D eigenvalue weighted by atomic mass is 32.1. The average molecular weight is 1770 g/mol. The summed E-state index contributed by atoms with van der Waals surface area (Å²) in [5.41, 5.74) is 32.6. The number of rotatable bonds is 9. The Hall–Kier alpha value is -17.4. The van der Waals surface area contributed by atoms with Crippen LogP contribution in [0.3, 0.4) is 0 Å². The summed E-state index contributed by atoms with van der Waals surface area (Å²) in [7, 11) is 0. The molecule has 2 aliphatic carbocycles. The fourth-order valence-electron chi connectivity index (χ4n) is 22.2. The minimum absolute atomic E-state index is 0.647. The Morgan fingerprint density at radius 1 is 0.153 bits per heavy atom. The van der Waals surface area contributed by atoms with Crippen molar-refractivity contribution in [3.8, 4) is 144 Å². The van der Waals surface area contributed by atoms with Gasteiger partial charge in [0.15, 0.2) is 5.58 Å². The zero-order valence-corrected chi connectivity index (χ0v) is 75.7. The topological polar surface area (TPSA) is 51.8 Å². The van der Waals surface area contributed by atoms with Crippen LogP contribution in [0.1, 0.15) is 0 Å². The molecule has 0 unspecified atom stereocenters. The normalized spacial score (nSPS) is 11.9. The predicted molar refractivity (Wildman–Crippen MR) is 584 cm³/mol. The summed E-state index contributed by atoms with van der Waals surface area (Å²) in [6, 6.07) is 170. The Kier molecular flexibility index (Phi) is 18.1. The minimum Gasteiger partial charge on any atom is -0.435 e. The quantitative estimate of drug-likeness (QED) is 0.135. The number of oxazole rings is 1. The van der Waals surface area contributed by atoms with Crippen molar-refractivity contribution in [3.05, 3.63) is 467 Å². The Bertz CT molecular complexity index is 9830. The minimum atomic E-state index is 0.647. The maximum atomic E-state index is 6.45. The molecule has 2 aliphatic rings. The largest absolute Gasteiger partial charge is 0.435 e. The Morgan fingerprint density at radius 3 is 0.964 bits per heavy atom. The first-order valence-corrected chi connectivity index (χ1v) is 48.4. The molecule has 0 saturated heterocycles. The van der Waals surface area contributed by atoms with Gasteiger partial charge in [-0.05, 0) is 268 Å². The maximum Gasteiger partial charge on any atom is 0.227 e. The van der Waals surface area contributed by atoms with E-state index in [0.717, 1.165) is 59.6 Å². The van der Waals surface area contributed by atoms with Gasteiger partial charge in [0.1, 0.15) is 15.5 Å². The summed E-state index contributed by atoms with van der Waals surface area (Å²) in [6.07, 6.45) is 0. The average Bonchev–Trinajstić information content (AvgIpc) is 1.61. The standard InChI is InChI=1S/C45H27NS.C43H25NO.C43H25NS/c1-2-10-29(11-3-1)45-46-43-25-21-28-18-19-30(26-41(28)44(43)47-45)32-23-24-33(35-13-5-4-12-34(32)35)31-20-22-40-38-16-7-6-14-36(38)37-15-8-9-17-39(37)42(40)27-31;1-2-7-30(8-3-1)43-44-39-24-21-29-19-17-28-18-20-31(25-38(28)40(29)42(39)45-43)26-13-15-27(16-14-26)32-22-23-37-34-10-5-4-9-33(34)36-12-6-11-35(32)41(36)37;1-2-9-27(10-3-1)43-44-40-24-19-26-17-18-28(25-39(26)42(40)45-43)29-20-21-34(31-12-5-4-11-30(29)31)35-22-23-38-33-14-7-6-13-32(33)36-15-8-16-37(35)41(36)38/h1-27H;2*1-25H. The molecule has 0 atom stereocenters. The van der Waals surface area contributed by atoms with Crippen LogP contribution >= 0.6 is 22.7 Å². The van der Waals surface area contributed by atoms with E-state index in [0.29, 0.717) is 5.89 Å². The molecule has 634 valence electrons. The molecule has 25 aromatic carbocycles. The number of nitrogens with zero attached hydrogens (tertiary/aromatic N) is 3. The Morgan fingerprint density at radius 2 is 0.460 bits per heavy atom. The molecule has 30 rings (SSSR count). The maximum absolute atomic E-state index is 6.45. The van der Waals surface area contributed by atoms with E-state index >= 15 is 0 Å². The molecule has 6 heteroatoms. The van der Waals surface area contributed by atoms with E-state index in [9.17, 15) is 0 Å². The number of thiazole rings is 2. The number of hydrogen-bond acceptors (Lipinski definition) is 6. The van der Waals surface area contributed by atoms with Crippen LogP contribution in [-0.2, 0) is 0 Å². The van der Waals surface area contributed by atoms with Gasteiger partial charge in [-0.25, -0.2) is 15.0 Å². The molecule has 3 heterocycles. The molecule has 0 radical (unpaired) electrons. The first-order valence-electron chi connectivity index (χ1n) is 46.8. The fourth-order valence-corrected chi connectivity index (χ4v) is 24.4. The van der Waals surface area contributed by atoms with E-state index in [-0.39, 0.29) is 0 Å². The van der Waals surface area contributed by atoms with Crippen molar-refractivity contribution in [3.63, 3.8) is 0 Å². The van der Waals surface area contributed by atoms with E-state index in [4.69, 9.17) is 19.4 Å². The lowest BCUT2D eigenvalue weighted by atomic mass is 9.88. The summed E-state index contributed by atoms with van der Waals surface area (Å²) in [5.74, 6) is 0.647. The van der Waals surface area contributed by atoms with Crippen LogP contribution in [0.4, 0.5) is 0 Å². The predicted octanol–water partition coefficient (Wildman–Crippen LogP) is 37.4. The van der Waals surface area contributed by atoms with Gasteiger partial charge in [-0.2, -0.15) is 0 Å². The van der Waals surface area contributed by atoms with Crippen LogP contribution in [-0.4, -0.2) is 15.0 Å².